The molecule has 1 aromatic heterocycles. The van der Waals surface area contributed by atoms with Gasteiger partial charge in [-0.15, -0.1) is 0 Å². The number of hydrogen-bond acceptors (Lipinski definition) is 5. The standard InChI is InChI=1S/C17H14N2O3/c1-22-15-7-6-11(10-19-15)18-9-8-14-16(20)12-4-2-3-5-13(12)17(14)21/h2-8,10,18H,9H2,1H3. The van der Waals surface area contributed by atoms with Gasteiger partial charge in [0.15, 0.2) is 11.6 Å². The van der Waals surface area contributed by atoms with Gasteiger partial charge in [-0.2, -0.15) is 0 Å². The van der Waals surface area contributed by atoms with Crippen LogP contribution < -0.4 is 10.1 Å². The van der Waals surface area contributed by atoms with Gasteiger partial charge in [0.2, 0.25) is 5.88 Å². The monoisotopic (exact) mass is 294 g/mol. The van der Waals surface area contributed by atoms with Crippen molar-refractivity contribution >= 4 is 17.3 Å². The SMILES string of the molecule is COc1ccc(NCC=C2C(=O)c3ccccc3C2=O)cn1. The Hall–Kier alpha value is -2.95. The summed E-state index contributed by atoms with van der Waals surface area (Å²) in [5, 5.41) is 3.09. The van der Waals surface area contributed by atoms with Gasteiger partial charge in [-0.3, -0.25) is 9.59 Å². The van der Waals surface area contributed by atoms with Crippen LogP contribution in [0.4, 0.5) is 5.69 Å². The minimum absolute atomic E-state index is 0.213. The van der Waals surface area contributed by atoms with Crippen molar-refractivity contribution in [1.82, 2.24) is 4.98 Å². The predicted molar refractivity (Wildman–Crippen MR) is 82.5 cm³/mol. The zero-order chi connectivity index (χ0) is 15.5. The summed E-state index contributed by atoms with van der Waals surface area (Å²) in [6.45, 7) is 0.370. The zero-order valence-electron chi connectivity index (χ0n) is 12.0. The van der Waals surface area contributed by atoms with Crippen molar-refractivity contribution in [3.8, 4) is 5.88 Å². The number of aromatic nitrogens is 1. The van der Waals surface area contributed by atoms with Gasteiger partial charge in [-0.25, -0.2) is 4.98 Å². The fourth-order valence-corrected chi connectivity index (χ4v) is 2.33. The Morgan fingerprint density at radius 3 is 2.32 bits per heavy atom. The molecular weight excluding hydrogens is 280 g/mol. The number of anilines is 1. The lowest BCUT2D eigenvalue weighted by atomic mass is 10.1. The number of ketones is 2. The van der Waals surface area contributed by atoms with E-state index in [0.29, 0.717) is 23.6 Å². The molecule has 2 aromatic rings. The first-order valence-corrected chi connectivity index (χ1v) is 6.83. The lowest BCUT2D eigenvalue weighted by Gasteiger charge is -2.04. The van der Waals surface area contributed by atoms with Crippen LogP contribution in [0.15, 0.2) is 54.2 Å². The number of hydrogen-bond donors (Lipinski definition) is 1. The molecule has 0 bridgehead atoms. The van der Waals surface area contributed by atoms with Crippen LogP contribution in [0.2, 0.25) is 0 Å². The maximum atomic E-state index is 12.2. The Morgan fingerprint density at radius 1 is 1.09 bits per heavy atom. The fourth-order valence-electron chi connectivity index (χ4n) is 2.33. The molecule has 0 spiro atoms. The second-order valence-corrected chi connectivity index (χ2v) is 4.79. The largest absolute Gasteiger partial charge is 0.481 e. The number of fused-ring (bicyclic) bond motifs is 1. The molecule has 3 rings (SSSR count). The third kappa shape index (κ3) is 2.48. The Balaban J connectivity index is 1.71. The summed E-state index contributed by atoms with van der Waals surface area (Å²) in [6.07, 6.45) is 3.25. The maximum Gasteiger partial charge on any atom is 0.213 e. The van der Waals surface area contributed by atoms with E-state index in [1.54, 1.807) is 49.7 Å². The molecule has 110 valence electrons. The minimum Gasteiger partial charge on any atom is -0.481 e. The maximum absolute atomic E-state index is 12.2. The predicted octanol–water partition coefficient (Wildman–Crippen LogP) is 2.51. The van der Waals surface area contributed by atoms with Crippen LogP contribution in [0, 0.1) is 0 Å². The summed E-state index contributed by atoms with van der Waals surface area (Å²) in [5.74, 6) is 0.103. The quantitative estimate of drug-likeness (QED) is 0.693. The van der Waals surface area contributed by atoms with E-state index >= 15 is 0 Å². The highest BCUT2D eigenvalue weighted by molar-refractivity contribution is 6.39. The number of carbonyl (C=O) groups is 2. The Kier molecular flexibility index (Phi) is 3.70. The van der Waals surface area contributed by atoms with Crippen molar-refractivity contribution < 1.29 is 14.3 Å². The van der Waals surface area contributed by atoms with Crippen molar-refractivity contribution in [2.45, 2.75) is 0 Å². The smallest absolute Gasteiger partial charge is 0.213 e. The summed E-state index contributed by atoms with van der Waals surface area (Å²) in [6, 6.07) is 10.4. The van der Waals surface area contributed by atoms with Gasteiger partial charge in [-0.05, 0) is 6.07 Å². The number of Topliss-reactive ketones (excluding diaryl/α,β-unsaturated/α-hetero) is 2. The number of ether oxygens (including phenoxy) is 1. The first-order valence-electron chi connectivity index (χ1n) is 6.83. The van der Waals surface area contributed by atoms with Gasteiger partial charge in [0, 0.05) is 23.7 Å². The molecule has 0 unspecified atom stereocenters. The number of nitrogens with zero attached hydrogens (tertiary/aromatic N) is 1. The van der Waals surface area contributed by atoms with Gasteiger partial charge in [0.05, 0.1) is 24.6 Å². The van der Waals surface area contributed by atoms with E-state index < -0.39 is 0 Å². The first kappa shape index (κ1) is 14.0. The summed E-state index contributed by atoms with van der Waals surface area (Å²) >= 11 is 0. The first-order chi connectivity index (χ1) is 10.7. The number of methoxy groups -OCH3 is 1. The molecule has 1 heterocycles. The molecule has 0 amide bonds. The minimum atomic E-state index is -0.213. The Labute approximate surface area is 127 Å². The van der Waals surface area contributed by atoms with Crippen LogP contribution >= 0.6 is 0 Å². The highest BCUT2D eigenvalue weighted by Crippen LogP contribution is 2.25. The normalized spacial score (nSPS) is 13.0. The highest BCUT2D eigenvalue weighted by atomic mass is 16.5. The van der Waals surface area contributed by atoms with Gasteiger partial charge >= 0.3 is 0 Å². The average molecular weight is 294 g/mol. The highest BCUT2D eigenvalue weighted by Gasteiger charge is 2.32. The number of allylic oxidation sites excluding steroid dienone is 1. The van der Waals surface area contributed by atoms with E-state index in [1.165, 1.54) is 0 Å². The average Bonchev–Trinajstić information content (AvgIpc) is 2.81. The topological polar surface area (TPSA) is 68.3 Å². The molecule has 0 saturated carbocycles. The van der Waals surface area contributed by atoms with E-state index in [1.807, 2.05) is 6.07 Å². The third-order valence-electron chi connectivity index (χ3n) is 3.46. The van der Waals surface area contributed by atoms with Crippen LogP contribution in [0.25, 0.3) is 0 Å². The van der Waals surface area contributed by atoms with Gasteiger partial charge in [0.1, 0.15) is 0 Å². The molecule has 5 nitrogen and oxygen atoms in total. The number of carbonyl (C=O) groups excluding carboxylic acids is 2. The van der Waals surface area contributed by atoms with Crippen molar-refractivity contribution in [3.05, 3.63) is 65.4 Å². The van der Waals surface area contributed by atoms with Gasteiger partial charge < -0.3 is 10.1 Å². The number of nitrogens with one attached hydrogen (secondary N) is 1. The Bertz CT molecular complexity index is 727. The summed E-state index contributed by atoms with van der Waals surface area (Å²) in [4.78, 5) is 28.4. The van der Waals surface area contributed by atoms with Crippen LogP contribution in [0.5, 0.6) is 5.88 Å². The van der Waals surface area contributed by atoms with Crippen molar-refractivity contribution in [3.63, 3.8) is 0 Å². The third-order valence-corrected chi connectivity index (χ3v) is 3.46. The van der Waals surface area contributed by atoms with Gasteiger partial charge in [0.25, 0.3) is 0 Å². The van der Waals surface area contributed by atoms with Crippen molar-refractivity contribution in [2.24, 2.45) is 0 Å². The van der Waals surface area contributed by atoms with Crippen LogP contribution in [-0.4, -0.2) is 30.2 Å². The second kappa shape index (κ2) is 5.81. The van der Waals surface area contributed by atoms with E-state index in [4.69, 9.17) is 4.74 Å². The van der Waals surface area contributed by atoms with Crippen LogP contribution in [0.1, 0.15) is 20.7 Å². The molecule has 1 aliphatic carbocycles. The second-order valence-electron chi connectivity index (χ2n) is 4.79. The van der Waals surface area contributed by atoms with Gasteiger partial charge in [-0.1, -0.05) is 30.3 Å². The van der Waals surface area contributed by atoms with Crippen molar-refractivity contribution in [1.29, 1.82) is 0 Å². The molecule has 0 fully saturated rings. The lowest BCUT2D eigenvalue weighted by Crippen LogP contribution is -2.06. The molecule has 0 aliphatic heterocycles. The summed E-state index contributed by atoms with van der Waals surface area (Å²) < 4.78 is 4.98. The number of benzene rings is 1. The Morgan fingerprint density at radius 2 is 1.77 bits per heavy atom. The lowest BCUT2D eigenvalue weighted by molar-refractivity contribution is 0.0988. The van der Waals surface area contributed by atoms with E-state index in [0.717, 1.165) is 5.69 Å². The van der Waals surface area contributed by atoms with Crippen LogP contribution in [-0.2, 0) is 0 Å². The number of rotatable bonds is 4. The molecule has 0 atom stereocenters. The van der Waals surface area contributed by atoms with E-state index in [2.05, 4.69) is 10.3 Å². The zero-order valence-corrected chi connectivity index (χ0v) is 12.0. The summed E-state index contributed by atoms with van der Waals surface area (Å²) in [5.41, 5.74) is 1.96. The molecule has 1 aromatic carbocycles. The molecule has 0 radical (unpaired) electrons. The van der Waals surface area contributed by atoms with E-state index in [-0.39, 0.29) is 17.1 Å². The van der Waals surface area contributed by atoms with E-state index in [9.17, 15) is 9.59 Å². The molecule has 1 N–H and O–H groups in total. The fraction of sp³-hybridized carbons (Fsp3) is 0.118. The number of pyridine rings is 1. The molecule has 1 aliphatic rings. The molecular formula is C17H14N2O3. The molecule has 5 heteroatoms. The molecule has 22 heavy (non-hydrogen) atoms. The van der Waals surface area contributed by atoms with Crippen molar-refractivity contribution in [2.75, 3.05) is 19.0 Å². The summed E-state index contributed by atoms with van der Waals surface area (Å²) in [7, 11) is 1.55. The molecule has 0 saturated heterocycles. The van der Waals surface area contributed by atoms with Crippen LogP contribution in [0.3, 0.4) is 0 Å².